The van der Waals surface area contributed by atoms with Crippen LogP contribution < -0.4 is 0 Å². The highest BCUT2D eigenvalue weighted by Crippen LogP contribution is 2.42. The zero-order valence-electron chi connectivity index (χ0n) is 22.1. The molecular formula is C34H40O. The molecule has 2 unspecified atom stereocenters. The van der Waals surface area contributed by atoms with Crippen LogP contribution in [0.1, 0.15) is 122 Å². The van der Waals surface area contributed by atoms with Crippen molar-refractivity contribution in [3.05, 3.63) is 112 Å². The van der Waals surface area contributed by atoms with Crippen LogP contribution >= 0.6 is 0 Å². The Bertz CT molecular complexity index is 1190. The molecular weight excluding hydrogens is 424 g/mol. The van der Waals surface area contributed by atoms with Gasteiger partial charge in [-0.25, -0.2) is 0 Å². The van der Waals surface area contributed by atoms with Crippen molar-refractivity contribution in [1.82, 2.24) is 0 Å². The molecule has 1 nitrogen and oxygen atoms in total. The Morgan fingerprint density at radius 1 is 0.886 bits per heavy atom. The lowest BCUT2D eigenvalue weighted by atomic mass is 9.73. The minimum absolute atomic E-state index is 0.114. The second-order valence-corrected chi connectivity index (χ2v) is 11.6. The highest BCUT2D eigenvalue weighted by molar-refractivity contribution is 6.11. The summed E-state index contributed by atoms with van der Waals surface area (Å²) >= 11 is 0. The minimum Gasteiger partial charge on any atom is -0.289 e. The summed E-state index contributed by atoms with van der Waals surface area (Å²) in [5.74, 6) is 1.49. The fourth-order valence-electron chi connectivity index (χ4n) is 5.72. The summed E-state index contributed by atoms with van der Waals surface area (Å²) in [6, 6.07) is 23.9. The van der Waals surface area contributed by atoms with Gasteiger partial charge in [0.15, 0.2) is 5.78 Å². The van der Waals surface area contributed by atoms with Crippen molar-refractivity contribution in [1.29, 1.82) is 0 Å². The second kappa shape index (κ2) is 10.4. The van der Waals surface area contributed by atoms with E-state index in [2.05, 4.69) is 102 Å². The van der Waals surface area contributed by atoms with Crippen LogP contribution in [0, 0.1) is 0 Å². The Labute approximate surface area is 212 Å². The molecule has 0 heterocycles. The highest BCUT2D eigenvalue weighted by Gasteiger charge is 2.28. The van der Waals surface area contributed by atoms with Crippen LogP contribution in [0.4, 0.5) is 0 Å². The van der Waals surface area contributed by atoms with Crippen molar-refractivity contribution in [2.75, 3.05) is 0 Å². The van der Waals surface area contributed by atoms with Gasteiger partial charge in [0, 0.05) is 11.1 Å². The van der Waals surface area contributed by atoms with E-state index in [1.165, 1.54) is 30.4 Å². The summed E-state index contributed by atoms with van der Waals surface area (Å²) in [6.45, 7) is 14.9. The first-order valence-corrected chi connectivity index (χ1v) is 13.2. The molecule has 0 saturated heterocycles. The fourth-order valence-corrected chi connectivity index (χ4v) is 5.72. The topological polar surface area (TPSA) is 17.1 Å². The van der Waals surface area contributed by atoms with Crippen molar-refractivity contribution in [2.24, 2.45) is 0 Å². The Hall–Kier alpha value is -2.93. The molecule has 1 aliphatic rings. The third kappa shape index (κ3) is 5.50. The first-order chi connectivity index (χ1) is 16.7. The quantitative estimate of drug-likeness (QED) is 0.332. The Kier molecular flexibility index (Phi) is 7.45. The number of ketones is 1. The van der Waals surface area contributed by atoms with Gasteiger partial charge < -0.3 is 0 Å². The van der Waals surface area contributed by atoms with Gasteiger partial charge >= 0.3 is 0 Å². The average molecular weight is 465 g/mol. The summed E-state index contributed by atoms with van der Waals surface area (Å²) < 4.78 is 0. The van der Waals surface area contributed by atoms with E-state index in [-0.39, 0.29) is 17.1 Å². The Balaban J connectivity index is 1.76. The number of carbonyl (C=O) groups excluding carboxylic acids is 1. The van der Waals surface area contributed by atoms with Crippen LogP contribution in [0.2, 0.25) is 0 Å². The van der Waals surface area contributed by atoms with Crippen molar-refractivity contribution < 1.29 is 4.79 Å². The zero-order chi connectivity index (χ0) is 25.2. The molecule has 1 aliphatic carbocycles. The van der Waals surface area contributed by atoms with Gasteiger partial charge in [-0.15, -0.1) is 0 Å². The van der Waals surface area contributed by atoms with Gasteiger partial charge in [-0.05, 0) is 82.4 Å². The van der Waals surface area contributed by atoms with Gasteiger partial charge in [0.25, 0.3) is 0 Å². The van der Waals surface area contributed by atoms with Crippen LogP contribution in [0.25, 0.3) is 6.08 Å². The first-order valence-electron chi connectivity index (χ1n) is 13.2. The lowest BCUT2D eigenvalue weighted by Gasteiger charge is -2.31. The molecule has 0 aromatic heterocycles. The maximum Gasteiger partial charge on any atom is 0.193 e. The van der Waals surface area contributed by atoms with Crippen molar-refractivity contribution in [3.8, 4) is 0 Å². The van der Waals surface area contributed by atoms with Crippen LogP contribution in [0.5, 0.6) is 0 Å². The number of rotatable bonds is 6. The van der Waals surface area contributed by atoms with Gasteiger partial charge in [0.05, 0.1) is 0 Å². The minimum atomic E-state index is -0.114. The summed E-state index contributed by atoms with van der Waals surface area (Å²) in [7, 11) is 0. The lowest BCUT2D eigenvalue weighted by molar-refractivity contribution is 0.103. The van der Waals surface area contributed by atoms with Crippen molar-refractivity contribution in [2.45, 2.75) is 83.5 Å². The standard InChI is InChI=1S/C34H40O/c1-7-24-16-18-29(23(2)3)30(20-24)33(35)31-22-28(17-19-32(31)34(4,5)6)27-15-11-14-26(21-27)25-12-9-8-10-13-25/h7-10,12-13,16-20,22-23,26-27H,1,11,14-15,21H2,2-6H3. The van der Waals surface area contributed by atoms with Crippen molar-refractivity contribution in [3.63, 3.8) is 0 Å². The maximum absolute atomic E-state index is 14.2. The van der Waals surface area contributed by atoms with Gasteiger partial charge in [0.1, 0.15) is 0 Å². The van der Waals surface area contributed by atoms with Crippen LogP contribution in [0.15, 0.2) is 73.3 Å². The zero-order valence-corrected chi connectivity index (χ0v) is 22.1. The smallest absolute Gasteiger partial charge is 0.193 e. The molecule has 0 aliphatic heterocycles. The SMILES string of the molecule is C=Cc1ccc(C(C)C)c(C(=O)c2cc(C3CCCC(c4ccccc4)C3)ccc2C(C)(C)C)c1. The third-order valence-electron chi connectivity index (χ3n) is 7.69. The molecule has 0 bridgehead atoms. The average Bonchev–Trinajstić information content (AvgIpc) is 2.87. The lowest BCUT2D eigenvalue weighted by Crippen LogP contribution is -2.20. The molecule has 0 amide bonds. The van der Waals surface area contributed by atoms with Crippen molar-refractivity contribution >= 4 is 11.9 Å². The van der Waals surface area contributed by atoms with E-state index >= 15 is 0 Å². The van der Waals surface area contributed by atoms with E-state index in [9.17, 15) is 4.79 Å². The van der Waals surface area contributed by atoms with Crippen LogP contribution in [0.3, 0.4) is 0 Å². The normalized spacial score (nSPS) is 18.5. The number of hydrogen-bond donors (Lipinski definition) is 0. The monoisotopic (exact) mass is 464 g/mol. The molecule has 182 valence electrons. The molecule has 0 spiro atoms. The highest BCUT2D eigenvalue weighted by atomic mass is 16.1. The van der Waals surface area contributed by atoms with Gasteiger partial charge in [-0.2, -0.15) is 0 Å². The van der Waals surface area contributed by atoms with Gasteiger partial charge in [0.2, 0.25) is 0 Å². The Morgan fingerprint density at radius 3 is 2.20 bits per heavy atom. The van der Waals surface area contributed by atoms with E-state index in [0.717, 1.165) is 34.2 Å². The first kappa shape index (κ1) is 25.2. The molecule has 3 aromatic carbocycles. The Morgan fingerprint density at radius 2 is 1.57 bits per heavy atom. The third-order valence-corrected chi connectivity index (χ3v) is 7.69. The van der Waals surface area contributed by atoms with E-state index in [1.807, 2.05) is 12.1 Å². The van der Waals surface area contributed by atoms with Crippen LogP contribution in [-0.2, 0) is 5.41 Å². The summed E-state index contributed by atoms with van der Waals surface area (Å²) in [4.78, 5) is 14.2. The summed E-state index contributed by atoms with van der Waals surface area (Å²) in [6.07, 6.45) is 6.64. The van der Waals surface area contributed by atoms with Crippen LogP contribution in [-0.4, -0.2) is 5.78 Å². The second-order valence-electron chi connectivity index (χ2n) is 11.6. The number of carbonyl (C=O) groups is 1. The molecule has 4 rings (SSSR count). The van der Waals surface area contributed by atoms with E-state index in [0.29, 0.717) is 11.8 Å². The summed E-state index contributed by atoms with van der Waals surface area (Å²) in [5.41, 5.74) is 7.54. The molecule has 1 heteroatoms. The summed E-state index contributed by atoms with van der Waals surface area (Å²) in [5, 5.41) is 0. The molecule has 1 saturated carbocycles. The van der Waals surface area contributed by atoms with Gasteiger partial charge in [-0.3, -0.25) is 4.79 Å². The molecule has 0 N–H and O–H groups in total. The predicted octanol–water partition coefficient (Wildman–Crippen LogP) is 9.42. The molecule has 3 aromatic rings. The number of benzene rings is 3. The molecule has 35 heavy (non-hydrogen) atoms. The maximum atomic E-state index is 14.2. The van der Waals surface area contributed by atoms with E-state index in [4.69, 9.17) is 0 Å². The molecule has 1 fully saturated rings. The predicted molar refractivity (Wildman–Crippen MR) is 150 cm³/mol. The largest absolute Gasteiger partial charge is 0.289 e. The molecule has 0 radical (unpaired) electrons. The van der Waals surface area contributed by atoms with Gasteiger partial charge in [-0.1, -0.05) is 108 Å². The van der Waals surface area contributed by atoms with E-state index < -0.39 is 0 Å². The number of hydrogen-bond acceptors (Lipinski definition) is 1. The van der Waals surface area contributed by atoms with E-state index in [1.54, 1.807) is 0 Å². The molecule has 2 atom stereocenters. The fraction of sp³-hybridized carbons (Fsp3) is 0.382.